The van der Waals surface area contributed by atoms with E-state index in [0.29, 0.717) is 5.91 Å². The summed E-state index contributed by atoms with van der Waals surface area (Å²) in [6.45, 7) is 5.26. The minimum Gasteiger partial charge on any atom is -0.355 e. The van der Waals surface area contributed by atoms with E-state index >= 15 is 0 Å². The van der Waals surface area contributed by atoms with Crippen molar-refractivity contribution >= 4 is 23.1 Å². The van der Waals surface area contributed by atoms with Gasteiger partial charge in [-0.1, -0.05) is 6.92 Å². The van der Waals surface area contributed by atoms with E-state index in [1.54, 1.807) is 6.33 Å². The molecule has 0 bridgehead atoms. The van der Waals surface area contributed by atoms with E-state index in [4.69, 9.17) is 0 Å². The molecule has 0 N–H and O–H groups in total. The van der Waals surface area contributed by atoms with Crippen molar-refractivity contribution in [3.63, 3.8) is 0 Å². The highest BCUT2D eigenvalue weighted by molar-refractivity contribution is 7.10. The normalized spacial score (nSPS) is 17.8. The van der Waals surface area contributed by atoms with Crippen molar-refractivity contribution in [2.45, 2.75) is 26.3 Å². The molecular formula is C17H20N4OS. The van der Waals surface area contributed by atoms with Crippen LogP contribution in [0.5, 0.6) is 0 Å². The standard InChI is InChI=1S/C17H20N4OS/c1-2-14-7-16(19-11-18-14)21-9-13(10-21)17(22)20-5-3-15-12(8-20)4-6-23-15/h4,6-7,11,13H,2-3,5,8-10H2,1H3. The Balaban J connectivity index is 1.37. The van der Waals surface area contributed by atoms with Gasteiger partial charge in [0.25, 0.3) is 0 Å². The largest absolute Gasteiger partial charge is 0.355 e. The van der Waals surface area contributed by atoms with Gasteiger partial charge >= 0.3 is 0 Å². The van der Waals surface area contributed by atoms with Crippen LogP contribution in [-0.4, -0.2) is 40.4 Å². The van der Waals surface area contributed by atoms with Crippen molar-refractivity contribution in [2.24, 2.45) is 5.92 Å². The monoisotopic (exact) mass is 328 g/mol. The number of aryl methyl sites for hydroxylation is 1. The molecule has 0 unspecified atom stereocenters. The molecule has 1 amide bonds. The maximum atomic E-state index is 12.7. The SMILES string of the molecule is CCc1cc(N2CC(C(=O)N3CCc4sccc4C3)C2)ncn1. The Morgan fingerprint density at radius 1 is 1.39 bits per heavy atom. The quantitative estimate of drug-likeness (QED) is 0.866. The lowest BCUT2D eigenvalue weighted by atomic mass is 9.97. The lowest BCUT2D eigenvalue weighted by molar-refractivity contribution is -0.137. The molecule has 2 aliphatic heterocycles. The van der Waals surface area contributed by atoms with Gasteiger partial charge in [-0.2, -0.15) is 0 Å². The molecule has 1 fully saturated rings. The summed E-state index contributed by atoms with van der Waals surface area (Å²) in [6, 6.07) is 4.18. The average molecular weight is 328 g/mol. The molecule has 120 valence electrons. The predicted molar refractivity (Wildman–Crippen MR) is 90.6 cm³/mol. The van der Waals surface area contributed by atoms with E-state index in [0.717, 1.165) is 50.5 Å². The Hall–Kier alpha value is -1.95. The topological polar surface area (TPSA) is 49.3 Å². The third kappa shape index (κ3) is 2.72. The number of amides is 1. The van der Waals surface area contributed by atoms with Crippen LogP contribution >= 0.6 is 11.3 Å². The first-order valence-corrected chi connectivity index (χ1v) is 9.02. The van der Waals surface area contributed by atoms with Gasteiger partial charge in [-0.05, 0) is 29.9 Å². The predicted octanol–water partition coefficient (Wildman–Crippen LogP) is 2.12. The zero-order chi connectivity index (χ0) is 15.8. The van der Waals surface area contributed by atoms with Crippen LogP contribution in [0.2, 0.25) is 0 Å². The van der Waals surface area contributed by atoms with Gasteiger partial charge in [-0.25, -0.2) is 9.97 Å². The third-order valence-electron chi connectivity index (χ3n) is 4.75. The van der Waals surface area contributed by atoms with Crippen LogP contribution in [0.25, 0.3) is 0 Å². The number of aromatic nitrogens is 2. The molecule has 0 spiro atoms. The molecule has 1 saturated heterocycles. The molecule has 2 aromatic rings. The number of carbonyl (C=O) groups is 1. The minimum absolute atomic E-state index is 0.107. The summed E-state index contributed by atoms with van der Waals surface area (Å²) in [5, 5.41) is 2.13. The number of thiophene rings is 1. The van der Waals surface area contributed by atoms with Crippen LogP contribution in [0, 0.1) is 5.92 Å². The molecule has 2 aliphatic rings. The van der Waals surface area contributed by atoms with Gasteiger partial charge in [-0.3, -0.25) is 4.79 Å². The van der Waals surface area contributed by atoms with Gasteiger partial charge in [-0.15, -0.1) is 11.3 Å². The van der Waals surface area contributed by atoms with Crippen molar-refractivity contribution in [1.82, 2.24) is 14.9 Å². The molecule has 5 nitrogen and oxygen atoms in total. The number of hydrogen-bond donors (Lipinski definition) is 0. The fourth-order valence-corrected chi connectivity index (χ4v) is 4.16. The molecule has 0 aromatic carbocycles. The lowest BCUT2D eigenvalue weighted by Gasteiger charge is -2.42. The van der Waals surface area contributed by atoms with Crippen LogP contribution in [0.3, 0.4) is 0 Å². The summed E-state index contributed by atoms with van der Waals surface area (Å²) in [4.78, 5) is 26.9. The summed E-state index contributed by atoms with van der Waals surface area (Å²) in [5.74, 6) is 1.35. The van der Waals surface area contributed by atoms with Crippen molar-refractivity contribution in [2.75, 3.05) is 24.5 Å². The highest BCUT2D eigenvalue weighted by Crippen LogP contribution is 2.28. The molecule has 4 heterocycles. The van der Waals surface area contributed by atoms with Crippen LogP contribution in [0.4, 0.5) is 5.82 Å². The zero-order valence-corrected chi connectivity index (χ0v) is 14.1. The second kappa shape index (κ2) is 5.92. The first kappa shape index (κ1) is 14.6. The van der Waals surface area contributed by atoms with Crippen molar-refractivity contribution in [1.29, 1.82) is 0 Å². The number of rotatable bonds is 3. The van der Waals surface area contributed by atoms with Crippen molar-refractivity contribution in [3.8, 4) is 0 Å². The molecule has 4 rings (SSSR count). The number of nitrogens with zero attached hydrogens (tertiary/aromatic N) is 4. The summed E-state index contributed by atoms with van der Waals surface area (Å²) >= 11 is 1.81. The first-order valence-electron chi connectivity index (χ1n) is 8.14. The van der Waals surface area contributed by atoms with Crippen LogP contribution < -0.4 is 4.90 Å². The van der Waals surface area contributed by atoms with Gasteiger partial charge < -0.3 is 9.80 Å². The maximum absolute atomic E-state index is 12.7. The van der Waals surface area contributed by atoms with Gasteiger partial charge in [0.2, 0.25) is 5.91 Å². The van der Waals surface area contributed by atoms with E-state index in [2.05, 4.69) is 33.2 Å². The van der Waals surface area contributed by atoms with E-state index in [1.165, 1.54) is 10.4 Å². The molecule has 0 saturated carbocycles. The number of fused-ring (bicyclic) bond motifs is 1. The molecule has 0 atom stereocenters. The summed E-state index contributed by atoms with van der Waals surface area (Å²) in [6.07, 6.45) is 3.52. The maximum Gasteiger partial charge on any atom is 0.229 e. The summed E-state index contributed by atoms with van der Waals surface area (Å²) < 4.78 is 0. The minimum atomic E-state index is 0.107. The molecule has 0 radical (unpaired) electrons. The number of anilines is 1. The Kier molecular flexibility index (Phi) is 3.77. The Labute approximate surface area is 140 Å². The highest BCUT2D eigenvalue weighted by atomic mass is 32.1. The molecule has 23 heavy (non-hydrogen) atoms. The van der Waals surface area contributed by atoms with Gasteiger partial charge in [0.05, 0.1) is 5.92 Å². The second-order valence-electron chi connectivity index (χ2n) is 6.20. The fraction of sp³-hybridized carbons (Fsp3) is 0.471. The third-order valence-corrected chi connectivity index (χ3v) is 5.77. The summed E-state index contributed by atoms with van der Waals surface area (Å²) in [7, 11) is 0. The average Bonchev–Trinajstić information content (AvgIpc) is 3.01. The smallest absolute Gasteiger partial charge is 0.229 e. The molecular weight excluding hydrogens is 308 g/mol. The van der Waals surface area contributed by atoms with Crippen LogP contribution in [0.1, 0.15) is 23.1 Å². The summed E-state index contributed by atoms with van der Waals surface area (Å²) in [5.41, 5.74) is 2.37. The van der Waals surface area contributed by atoms with E-state index in [1.807, 2.05) is 22.3 Å². The van der Waals surface area contributed by atoms with Crippen LogP contribution in [0.15, 0.2) is 23.8 Å². The molecule has 0 aliphatic carbocycles. The Bertz CT molecular complexity index is 723. The molecule has 2 aromatic heterocycles. The lowest BCUT2D eigenvalue weighted by Crippen LogP contribution is -2.55. The Morgan fingerprint density at radius 2 is 2.26 bits per heavy atom. The molecule has 6 heteroatoms. The Morgan fingerprint density at radius 3 is 3.09 bits per heavy atom. The highest BCUT2D eigenvalue weighted by Gasteiger charge is 2.37. The van der Waals surface area contributed by atoms with Crippen molar-refractivity contribution < 1.29 is 4.79 Å². The van der Waals surface area contributed by atoms with Crippen LogP contribution in [-0.2, 0) is 24.2 Å². The second-order valence-corrected chi connectivity index (χ2v) is 7.20. The van der Waals surface area contributed by atoms with Gasteiger partial charge in [0, 0.05) is 42.8 Å². The van der Waals surface area contributed by atoms with E-state index in [-0.39, 0.29) is 5.92 Å². The van der Waals surface area contributed by atoms with Crippen molar-refractivity contribution in [3.05, 3.63) is 40.0 Å². The fourth-order valence-electron chi connectivity index (χ4n) is 3.27. The van der Waals surface area contributed by atoms with Gasteiger partial charge in [0.15, 0.2) is 0 Å². The van der Waals surface area contributed by atoms with E-state index in [9.17, 15) is 4.79 Å². The number of carbonyl (C=O) groups excluding carboxylic acids is 1. The van der Waals surface area contributed by atoms with Gasteiger partial charge in [0.1, 0.15) is 12.1 Å². The van der Waals surface area contributed by atoms with E-state index < -0.39 is 0 Å². The number of hydrogen-bond acceptors (Lipinski definition) is 5. The zero-order valence-electron chi connectivity index (χ0n) is 13.2. The first-order chi connectivity index (χ1) is 11.2.